The molecule has 0 aromatic heterocycles. The number of hydrogen-bond donors (Lipinski definition) is 3. The van der Waals surface area contributed by atoms with E-state index in [0.717, 1.165) is 17.8 Å². The fraction of sp³-hybridized carbons (Fsp3) is 0.333. The number of nitro benzene ring substituents is 1. The summed E-state index contributed by atoms with van der Waals surface area (Å²) < 4.78 is 0. The van der Waals surface area contributed by atoms with Gasteiger partial charge in [-0.2, -0.15) is 0 Å². The fourth-order valence-electron chi connectivity index (χ4n) is 1.59. The average Bonchev–Trinajstić information content (AvgIpc) is 2.42. The van der Waals surface area contributed by atoms with Crippen LogP contribution in [-0.2, 0) is 4.79 Å². The van der Waals surface area contributed by atoms with Crippen LogP contribution < -0.4 is 5.32 Å². The summed E-state index contributed by atoms with van der Waals surface area (Å²) in [4.78, 5) is 33.5. The van der Waals surface area contributed by atoms with Crippen molar-refractivity contribution in [1.29, 1.82) is 0 Å². The first kappa shape index (κ1) is 16.9. The number of amides is 1. The number of benzene rings is 1. The summed E-state index contributed by atoms with van der Waals surface area (Å²) in [5, 5.41) is 31.2. The molecule has 1 amide bonds. The molecule has 0 bridgehead atoms. The predicted octanol–water partition coefficient (Wildman–Crippen LogP) is 0.880. The minimum absolute atomic E-state index is 0.0496. The van der Waals surface area contributed by atoms with Crippen LogP contribution in [0.15, 0.2) is 23.1 Å². The Balaban J connectivity index is 3.05. The SMILES string of the molecule is CSc1ccc(C(=O)NC(C(=O)O)C(C)O)cc1[N+](=O)[O-]. The maximum atomic E-state index is 11.9. The van der Waals surface area contributed by atoms with Crippen LogP contribution in [-0.4, -0.2) is 45.4 Å². The number of aliphatic hydroxyl groups is 1. The Hall–Kier alpha value is -2.13. The normalized spacial score (nSPS) is 13.3. The second kappa shape index (κ2) is 7.04. The first-order valence-corrected chi connectivity index (χ1v) is 7.04. The van der Waals surface area contributed by atoms with Gasteiger partial charge in [0.25, 0.3) is 11.6 Å². The lowest BCUT2D eigenvalue weighted by molar-refractivity contribution is -0.387. The number of nitrogens with one attached hydrogen (secondary N) is 1. The molecule has 21 heavy (non-hydrogen) atoms. The molecule has 0 aliphatic carbocycles. The number of thioether (sulfide) groups is 1. The number of carbonyl (C=O) groups excluding carboxylic acids is 1. The van der Waals surface area contributed by atoms with Gasteiger partial charge in [0.05, 0.1) is 15.9 Å². The molecule has 0 radical (unpaired) electrons. The number of nitro groups is 1. The van der Waals surface area contributed by atoms with Crippen LogP contribution in [0.25, 0.3) is 0 Å². The van der Waals surface area contributed by atoms with E-state index in [0.29, 0.717) is 4.90 Å². The standard InChI is InChI=1S/C12H14N2O6S/c1-6(15)10(12(17)18)13-11(16)7-3-4-9(21-2)8(5-7)14(19)20/h3-6,10,15H,1-2H3,(H,13,16)(H,17,18). The Morgan fingerprint density at radius 3 is 2.48 bits per heavy atom. The number of carboxylic acid groups (broad SMARTS) is 1. The highest BCUT2D eigenvalue weighted by atomic mass is 32.2. The first-order valence-electron chi connectivity index (χ1n) is 5.82. The Morgan fingerprint density at radius 2 is 2.05 bits per heavy atom. The van der Waals surface area contributed by atoms with E-state index < -0.39 is 28.9 Å². The Morgan fingerprint density at radius 1 is 1.43 bits per heavy atom. The third-order valence-corrected chi connectivity index (χ3v) is 3.46. The minimum Gasteiger partial charge on any atom is -0.480 e. The van der Waals surface area contributed by atoms with E-state index >= 15 is 0 Å². The first-order chi connectivity index (χ1) is 9.77. The molecule has 0 heterocycles. The van der Waals surface area contributed by atoms with Crippen LogP contribution >= 0.6 is 11.8 Å². The average molecular weight is 314 g/mol. The fourth-order valence-corrected chi connectivity index (χ4v) is 2.13. The number of aliphatic carboxylic acids is 1. The van der Waals surface area contributed by atoms with Gasteiger partial charge in [-0.05, 0) is 25.3 Å². The third-order valence-electron chi connectivity index (χ3n) is 2.67. The molecule has 8 nitrogen and oxygen atoms in total. The van der Waals surface area contributed by atoms with Gasteiger partial charge in [0.1, 0.15) is 0 Å². The molecule has 0 saturated heterocycles. The van der Waals surface area contributed by atoms with Crippen molar-refractivity contribution in [1.82, 2.24) is 5.32 Å². The quantitative estimate of drug-likeness (QED) is 0.403. The second-order valence-corrected chi connectivity index (χ2v) is 5.02. The summed E-state index contributed by atoms with van der Waals surface area (Å²) in [6.07, 6.45) is 0.364. The van der Waals surface area contributed by atoms with Crippen molar-refractivity contribution in [3.63, 3.8) is 0 Å². The van der Waals surface area contributed by atoms with Crippen LogP contribution in [0.1, 0.15) is 17.3 Å². The van der Waals surface area contributed by atoms with Gasteiger partial charge in [-0.15, -0.1) is 11.8 Å². The molecule has 2 atom stereocenters. The van der Waals surface area contributed by atoms with Crippen molar-refractivity contribution in [2.75, 3.05) is 6.26 Å². The van der Waals surface area contributed by atoms with Gasteiger partial charge in [0.15, 0.2) is 6.04 Å². The molecule has 114 valence electrons. The summed E-state index contributed by atoms with van der Waals surface area (Å²) in [5.41, 5.74) is -0.287. The molecule has 0 saturated carbocycles. The molecular weight excluding hydrogens is 300 g/mol. The summed E-state index contributed by atoms with van der Waals surface area (Å²) >= 11 is 1.16. The molecule has 2 unspecified atom stereocenters. The maximum Gasteiger partial charge on any atom is 0.328 e. The zero-order valence-electron chi connectivity index (χ0n) is 11.3. The summed E-state index contributed by atoms with van der Waals surface area (Å²) in [7, 11) is 0. The lowest BCUT2D eigenvalue weighted by atomic mass is 10.1. The van der Waals surface area contributed by atoms with Gasteiger partial charge in [-0.1, -0.05) is 0 Å². The number of carboxylic acids is 1. The number of carbonyl (C=O) groups is 2. The molecule has 1 aromatic rings. The van der Waals surface area contributed by atoms with E-state index in [1.165, 1.54) is 19.1 Å². The highest BCUT2D eigenvalue weighted by molar-refractivity contribution is 7.98. The van der Waals surface area contributed by atoms with Gasteiger partial charge in [-0.25, -0.2) is 4.79 Å². The van der Waals surface area contributed by atoms with Crippen molar-refractivity contribution in [2.24, 2.45) is 0 Å². The monoisotopic (exact) mass is 314 g/mol. The Bertz CT molecular complexity index is 575. The maximum absolute atomic E-state index is 11.9. The zero-order chi connectivity index (χ0) is 16.2. The van der Waals surface area contributed by atoms with Crippen LogP contribution in [0.2, 0.25) is 0 Å². The predicted molar refractivity (Wildman–Crippen MR) is 75.4 cm³/mol. The number of rotatable bonds is 6. The highest BCUT2D eigenvalue weighted by Gasteiger charge is 2.26. The number of nitrogens with zero attached hydrogens (tertiary/aromatic N) is 1. The topological polar surface area (TPSA) is 130 Å². The molecular formula is C12H14N2O6S. The number of aliphatic hydroxyl groups excluding tert-OH is 1. The van der Waals surface area contributed by atoms with Crippen LogP contribution in [0.5, 0.6) is 0 Å². The van der Waals surface area contributed by atoms with E-state index in [2.05, 4.69) is 5.32 Å². The summed E-state index contributed by atoms with van der Waals surface area (Å²) in [6.45, 7) is 1.22. The largest absolute Gasteiger partial charge is 0.480 e. The third kappa shape index (κ3) is 4.17. The zero-order valence-corrected chi connectivity index (χ0v) is 12.1. The molecule has 0 fully saturated rings. The van der Waals surface area contributed by atoms with E-state index in [1.807, 2.05) is 0 Å². The van der Waals surface area contributed by atoms with E-state index in [-0.39, 0.29) is 11.3 Å². The van der Waals surface area contributed by atoms with E-state index in [9.17, 15) is 24.8 Å². The lowest BCUT2D eigenvalue weighted by Gasteiger charge is -2.17. The minimum atomic E-state index is -1.49. The highest BCUT2D eigenvalue weighted by Crippen LogP contribution is 2.28. The van der Waals surface area contributed by atoms with Crippen molar-refractivity contribution in [3.8, 4) is 0 Å². The number of hydrogen-bond acceptors (Lipinski definition) is 6. The van der Waals surface area contributed by atoms with Crippen LogP contribution in [0, 0.1) is 10.1 Å². The van der Waals surface area contributed by atoms with Crippen molar-refractivity contribution in [3.05, 3.63) is 33.9 Å². The molecule has 9 heteroatoms. The van der Waals surface area contributed by atoms with E-state index in [4.69, 9.17) is 5.11 Å². The molecule has 0 aliphatic rings. The van der Waals surface area contributed by atoms with Crippen molar-refractivity contribution >= 4 is 29.3 Å². The van der Waals surface area contributed by atoms with Gasteiger partial charge < -0.3 is 15.5 Å². The van der Waals surface area contributed by atoms with Gasteiger partial charge in [0.2, 0.25) is 0 Å². The van der Waals surface area contributed by atoms with Crippen molar-refractivity contribution < 1.29 is 24.7 Å². The molecule has 0 aliphatic heterocycles. The van der Waals surface area contributed by atoms with Crippen LogP contribution in [0.4, 0.5) is 5.69 Å². The molecule has 3 N–H and O–H groups in total. The van der Waals surface area contributed by atoms with Crippen LogP contribution in [0.3, 0.4) is 0 Å². The Kier molecular flexibility index (Phi) is 5.68. The van der Waals surface area contributed by atoms with Gasteiger partial charge >= 0.3 is 5.97 Å². The van der Waals surface area contributed by atoms with Gasteiger partial charge in [-0.3, -0.25) is 14.9 Å². The molecule has 1 rings (SSSR count). The van der Waals surface area contributed by atoms with Crippen molar-refractivity contribution in [2.45, 2.75) is 24.0 Å². The smallest absolute Gasteiger partial charge is 0.328 e. The summed E-state index contributed by atoms with van der Waals surface area (Å²) in [6, 6.07) is 2.35. The molecule has 1 aromatic carbocycles. The second-order valence-electron chi connectivity index (χ2n) is 4.17. The lowest BCUT2D eigenvalue weighted by Crippen LogP contribution is -2.47. The molecule has 0 spiro atoms. The van der Waals surface area contributed by atoms with Gasteiger partial charge in [0, 0.05) is 11.6 Å². The van der Waals surface area contributed by atoms with E-state index in [1.54, 1.807) is 6.26 Å². The Labute approximate surface area is 124 Å². The summed E-state index contributed by atoms with van der Waals surface area (Å²) in [5.74, 6) is -2.20.